The van der Waals surface area contributed by atoms with Crippen molar-refractivity contribution in [1.82, 2.24) is 10.4 Å². The van der Waals surface area contributed by atoms with Gasteiger partial charge in [0.05, 0.1) is 18.8 Å². The van der Waals surface area contributed by atoms with Crippen molar-refractivity contribution in [3.8, 4) is 11.5 Å². The van der Waals surface area contributed by atoms with Gasteiger partial charge >= 0.3 is 0 Å². The van der Waals surface area contributed by atoms with Gasteiger partial charge in [-0.2, -0.15) is 0 Å². The number of hydrogen-bond donors (Lipinski definition) is 2. The third kappa shape index (κ3) is 5.78. The number of amides is 1. The van der Waals surface area contributed by atoms with Crippen LogP contribution in [0.2, 0.25) is 0 Å². The highest BCUT2D eigenvalue weighted by Crippen LogP contribution is 2.42. The summed E-state index contributed by atoms with van der Waals surface area (Å²) in [6.07, 6.45) is 6.00. The van der Waals surface area contributed by atoms with E-state index < -0.39 is 11.4 Å². The molecule has 2 aliphatic rings. The summed E-state index contributed by atoms with van der Waals surface area (Å²) >= 11 is 0. The zero-order valence-corrected chi connectivity index (χ0v) is 18.5. The van der Waals surface area contributed by atoms with Crippen LogP contribution in [0, 0.1) is 6.57 Å². The first-order chi connectivity index (χ1) is 14.0. The Morgan fingerprint density at radius 1 is 1.30 bits per heavy atom. The Morgan fingerprint density at radius 2 is 1.97 bits per heavy atom. The maximum Gasteiger partial charge on any atom is 0.260 e. The second-order valence-corrected chi connectivity index (χ2v) is 8.31. The molecular formula is C22H32ClN3O4. The fourth-order valence-corrected chi connectivity index (χ4v) is 4.21. The second-order valence-electron chi connectivity index (χ2n) is 8.31. The van der Waals surface area contributed by atoms with Crippen LogP contribution in [0.25, 0.3) is 4.85 Å². The van der Waals surface area contributed by atoms with E-state index >= 15 is 0 Å². The van der Waals surface area contributed by atoms with E-state index in [2.05, 4.69) is 4.85 Å². The molecule has 0 aromatic heterocycles. The molecule has 30 heavy (non-hydrogen) atoms. The lowest BCUT2D eigenvalue weighted by Crippen LogP contribution is -2.44. The zero-order valence-electron chi connectivity index (χ0n) is 17.7. The summed E-state index contributed by atoms with van der Waals surface area (Å²) in [6, 6.07) is 5.90. The lowest BCUT2D eigenvalue weighted by molar-refractivity contribution is -0.130. The van der Waals surface area contributed by atoms with Crippen LogP contribution in [0.1, 0.15) is 57.9 Å². The van der Waals surface area contributed by atoms with Crippen molar-refractivity contribution in [3.63, 3.8) is 0 Å². The van der Waals surface area contributed by atoms with Gasteiger partial charge in [0.25, 0.3) is 11.4 Å². The standard InChI is InChI=1S/C22H31N3O4.ClH/c1-16(2)28-19-9-8-17(14-20(19)29-18-6-4-5-7-18)22(23-3)10-12-25(13-11-22)15-21(26)24-27;/h8-9,14,16,18,27H,4-7,10-13,15H2,1-2H3,(H,24,26);1H. The maximum atomic E-state index is 11.4. The average molecular weight is 438 g/mol. The third-order valence-corrected chi connectivity index (χ3v) is 5.83. The SMILES string of the molecule is Cl.[C-]#[N+]C1(c2ccc(OC(C)C)c(OC3CCCC3)c2)CCN(CC(=O)NO)CC1. The molecule has 0 radical (unpaired) electrons. The van der Waals surface area contributed by atoms with Crippen molar-refractivity contribution in [2.75, 3.05) is 19.6 Å². The number of nitrogens with zero attached hydrogens (tertiary/aromatic N) is 2. The molecule has 166 valence electrons. The lowest BCUT2D eigenvalue weighted by Gasteiger charge is -2.34. The Morgan fingerprint density at radius 3 is 2.53 bits per heavy atom. The number of likely N-dealkylation sites (tertiary alicyclic amines) is 1. The molecule has 1 saturated heterocycles. The summed E-state index contributed by atoms with van der Waals surface area (Å²) in [6.45, 7) is 13.3. The van der Waals surface area contributed by atoms with E-state index in [4.69, 9.17) is 21.3 Å². The number of halogens is 1. The van der Waals surface area contributed by atoms with E-state index in [9.17, 15) is 4.79 Å². The van der Waals surface area contributed by atoms with Gasteiger partial charge in [0.15, 0.2) is 11.5 Å². The number of benzene rings is 1. The Labute approximate surface area is 184 Å². The quantitative estimate of drug-likeness (QED) is 0.384. The molecule has 8 heteroatoms. The fourth-order valence-electron chi connectivity index (χ4n) is 4.21. The number of hydroxylamine groups is 1. The van der Waals surface area contributed by atoms with Crippen molar-refractivity contribution in [3.05, 3.63) is 35.2 Å². The van der Waals surface area contributed by atoms with Gasteiger partial charge in [0, 0.05) is 31.5 Å². The van der Waals surface area contributed by atoms with Gasteiger partial charge in [-0.3, -0.25) is 14.9 Å². The van der Waals surface area contributed by atoms with Gasteiger partial charge in [-0.1, -0.05) is 0 Å². The molecular weight excluding hydrogens is 406 g/mol. The number of nitrogens with one attached hydrogen (secondary N) is 1. The van der Waals surface area contributed by atoms with E-state index in [1.165, 1.54) is 12.8 Å². The monoisotopic (exact) mass is 437 g/mol. The third-order valence-electron chi connectivity index (χ3n) is 5.83. The zero-order chi connectivity index (χ0) is 20.9. The normalized spacial score (nSPS) is 19.0. The predicted octanol–water partition coefficient (Wildman–Crippen LogP) is 3.93. The molecule has 3 rings (SSSR count). The van der Waals surface area contributed by atoms with Crippen LogP contribution in [0.15, 0.2) is 18.2 Å². The Bertz CT molecular complexity index is 751. The Kier molecular flexibility index (Phi) is 8.78. The average Bonchev–Trinajstić information content (AvgIpc) is 3.23. The Hall–Kier alpha value is -2.01. The van der Waals surface area contributed by atoms with Crippen molar-refractivity contribution >= 4 is 18.3 Å². The minimum atomic E-state index is -0.629. The van der Waals surface area contributed by atoms with Crippen molar-refractivity contribution in [2.45, 2.75) is 70.1 Å². The summed E-state index contributed by atoms with van der Waals surface area (Å²) in [5.74, 6) is 1.03. The molecule has 1 aliphatic carbocycles. The first-order valence-electron chi connectivity index (χ1n) is 10.5. The predicted molar refractivity (Wildman–Crippen MR) is 116 cm³/mol. The van der Waals surface area contributed by atoms with Crippen molar-refractivity contribution in [1.29, 1.82) is 0 Å². The minimum absolute atomic E-state index is 0. The van der Waals surface area contributed by atoms with Gasteiger partial charge < -0.3 is 14.3 Å². The molecule has 7 nitrogen and oxygen atoms in total. The molecule has 0 spiro atoms. The summed E-state index contributed by atoms with van der Waals surface area (Å²) in [5, 5.41) is 8.73. The topological polar surface area (TPSA) is 75.4 Å². The van der Waals surface area contributed by atoms with Gasteiger partial charge in [0.2, 0.25) is 0 Å². The van der Waals surface area contributed by atoms with Crippen LogP contribution in [0.3, 0.4) is 0 Å². The first kappa shape index (κ1) is 24.3. The summed E-state index contributed by atoms with van der Waals surface area (Å²) < 4.78 is 12.3. The summed E-state index contributed by atoms with van der Waals surface area (Å²) in [4.78, 5) is 17.4. The van der Waals surface area contributed by atoms with Gasteiger partial charge in [-0.25, -0.2) is 12.1 Å². The van der Waals surface area contributed by atoms with Crippen molar-refractivity contribution < 1.29 is 19.5 Å². The molecule has 1 saturated carbocycles. The minimum Gasteiger partial charge on any atom is -0.487 e. The number of ether oxygens (including phenoxy) is 2. The van der Waals surface area contributed by atoms with Crippen LogP contribution >= 0.6 is 12.4 Å². The lowest BCUT2D eigenvalue weighted by atomic mass is 9.81. The molecule has 2 N–H and O–H groups in total. The number of piperidine rings is 1. The van der Waals surface area contributed by atoms with E-state index in [0.29, 0.717) is 25.9 Å². The number of carbonyl (C=O) groups is 1. The van der Waals surface area contributed by atoms with Gasteiger partial charge in [0.1, 0.15) is 0 Å². The van der Waals surface area contributed by atoms with Gasteiger partial charge in [-0.05, 0) is 57.7 Å². The fraction of sp³-hybridized carbons (Fsp3) is 0.636. The van der Waals surface area contributed by atoms with Crippen molar-refractivity contribution in [2.24, 2.45) is 0 Å². The smallest absolute Gasteiger partial charge is 0.260 e. The number of carbonyl (C=O) groups excluding carboxylic acids is 1. The van der Waals surface area contributed by atoms with Crippen LogP contribution in [0.4, 0.5) is 0 Å². The number of rotatable bonds is 7. The highest BCUT2D eigenvalue weighted by Gasteiger charge is 2.43. The van der Waals surface area contributed by atoms with E-state index in [1.807, 2.05) is 36.9 Å². The molecule has 1 amide bonds. The van der Waals surface area contributed by atoms with Crippen LogP contribution in [-0.4, -0.2) is 47.9 Å². The molecule has 2 fully saturated rings. The molecule has 0 bridgehead atoms. The molecule has 1 aliphatic heterocycles. The summed E-state index contributed by atoms with van der Waals surface area (Å²) in [7, 11) is 0. The molecule has 0 atom stereocenters. The molecule has 0 unspecified atom stereocenters. The van der Waals surface area contributed by atoms with Crippen LogP contribution in [0.5, 0.6) is 11.5 Å². The highest BCUT2D eigenvalue weighted by atomic mass is 35.5. The van der Waals surface area contributed by atoms with Crippen LogP contribution in [-0.2, 0) is 10.3 Å². The maximum absolute atomic E-state index is 11.4. The van der Waals surface area contributed by atoms with Crippen LogP contribution < -0.4 is 15.0 Å². The molecule has 1 heterocycles. The second kappa shape index (κ2) is 10.9. The van der Waals surface area contributed by atoms with E-state index in [-0.39, 0.29) is 31.2 Å². The summed E-state index contributed by atoms with van der Waals surface area (Å²) in [5.41, 5.74) is 1.99. The Balaban J connectivity index is 0.00000320. The molecule has 1 aromatic carbocycles. The highest BCUT2D eigenvalue weighted by molar-refractivity contribution is 5.85. The number of hydrogen-bond acceptors (Lipinski definition) is 5. The van der Waals surface area contributed by atoms with Gasteiger partial charge in [-0.15, -0.1) is 12.4 Å². The first-order valence-corrected chi connectivity index (χ1v) is 10.5. The largest absolute Gasteiger partial charge is 0.487 e. The van der Waals surface area contributed by atoms with E-state index in [0.717, 1.165) is 29.9 Å². The molecule has 1 aromatic rings. The van der Waals surface area contributed by atoms with E-state index in [1.54, 1.807) is 5.48 Å².